The van der Waals surface area contributed by atoms with Crippen molar-refractivity contribution in [3.05, 3.63) is 111 Å². The van der Waals surface area contributed by atoms with Gasteiger partial charge in [-0.15, -0.1) is 11.8 Å². The second-order valence-corrected chi connectivity index (χ2v) is 20.7. The molecular weight excluding hydrogens is 933 g/mol. The Balaban J connectivity index is 0.936. The predicted octanol–water partition coefficient (Wildman–Crippen LogP) is 8.27. The van der Waals surface area contributed by atoms with Crippen molar-refractivity contribution < 1.29 is 37.8 Å². The highest BCUT2D eigenvalue weighted by Gasteiger charge is 2.40. The lowest BCUT2D eigenvalue weighted by atomic mass is 9.98. The van der Waals surface area contributed by atoms with Crippen LogP contribution in [0.5, 0.6) is 5.75 Å². The van der Waals surface area contributed by atoms with Gasteiger partial charge < -0.3 is 23.8 Å². The molecule has 14 nitrogen and oxygen atoms in total. The van der Waals surface area contributed by atoms with E-state index in [9.17, 15) is 28.4 Å². The molecule has 0 saturated carbocycles. The van der Waals surface area contributed by atoms with Crippen LogP contribution >= 0.6 is 23.4 Å². The Hall–Kier alpha value is -6.23. The maximum Gasteiger partial charge on any atom is 0.355 e. The van der Waals surface area contributed by atoms with Crippen LogP contribution in [0.4, 0.5) is 4.39 Å². The fraction of sp³-hybridized carbons (Fsp3) is 0.396. The predicted molar refractivity (Wildman–Crippen MR) is 268 cm³/mol. The number of aromatic nitrogens is 3. The zero-order valence-electron chi connectivity index (χ0n) is 40.3. The summed E-state index contributed by atoms with van der Waals surface area (Å²) in [5, 5.41) is 10.1. The van der Waals surface area contributed by atoms with Gasteiger partial charge in [0.15, 0.2) is 0 Å². The Morgan fingerprint density at radius 1 is 0.943 bits per heavy atom. The molecule has 366 valence electrons. The average molecular weight is 991 g/mol. The van der Waals surface area contributed by atoms with Crippen molar-refractivity contribution in [2.45, 2.75) is 89.9 Å². The van der Waals surface area contributed by atoms with Crippen LogP contribution in [0.25, 0.3) is 32.8 Å². The molecule has 1 N–H and O–H groups in total. The number of fused-ring (bicyclic) bond motifs is 3. The van der Waals surface area contributed by atoms with Crippen molar-refractivity contribution in [1.29, 1.82) is 0 Å². The van der Waals surface area contributed by atoms with Crippen LogP contribution in [0.15, 0.2) is 71.6 Å². The Kier molecular flexibility index (Phi) is 13.9. The maximum absolute atomic E-state index is 14.6. The third-order valence-corrected chi connectivity index (χ3v) is 14.9. The summed E-state index contributed by atoms with van der Waals surface area (Å²) in [5.41, 5.74) is 6.06. The number of nitrogens with zero attached hydrogens (tertiary/aromatic N) is 6. The highest BCUT2D eigenvalue weighted by molar-refractivity contribution is 8.00. The molecule has 0 aliphatic carbocycles. The first-order chi connectivity index (χ1) is 33.5. The molecular formula is C53H57ClFN7O7S. The van der Waals surface area contributed by atoms with Gasteiger partial charge in [0, 0.05) is 97.3 Å². The molecule has 1 atom stereocenters. The number of rotatable bonds is 14. The van der Waals surface area contributed by atoms with Crippen LogP contribution in [0, 0.1) is 19.7 Å². The van der Waals surface area contributed by atoms with E-state index in [1.165, 1.54) is 28.8 Å². The first-order valence-corrected chi connectivity index (χ1v) is 25.1. The Bertz CT molecular complexity index is 3080. The van der Waals surface area contributed by atoms with E-state index in [1.54, 1.807) is 18.2 Å². The number of imide groups is 1. The van der Waals surface area contributed by atoms with Gasteiger partial charge >= 0.3 is 5.97 Å². The molecule has 6 aromatic rings. The van der Waals surface area contributed by atoms with Crippen LogP contribution < -0.4 is 10.1 Å². The lowest BCUT2D eigenvalue weighted by Gasteiger charge is -2.35. The van der Waals surface area contributed by atoms with Crippen molar-refractivity contribution >= 4 is 74.6 Å². The summed E-state index contributed by atoms with van der Waals surface area (Å²) in [6.45, 7) is 13.4. The van der Waals surface area contributed by atoms with Crippen molar-refractivity contribution in [3.8, 4) is 16.9 Å². The molecule has 2 fully saturated rings. The number of halogens is 2. The number of esters is 1. The number of piperidine rings is 1. The minimum absolute atomic E-state index is 0.0123. The summed E-state index contributed by atoms with van der Waals surface area (Å²) in [5.74, 6) is -0.976. The number of hydrogen-bond acceptors (Lipinski definition) is 10. The molecule has 9 rings (SSSR count). The molecule has 2 aromatic heterocycles. The minimum atomic E-state index is -0.779. The van der Waals surface area contributed by atoms with E-state index in [2.05, 4.69) is 14.8 Å². The van der Waals surface area contributed by atoms with Crippen molar-refractivity contribution in [2.24, 2.45) is 7.05 Å². The van der Waals surface area contributed by atoms with Crippen LogP contribution in [-0.4, -0.2) is 115 Å². The van der Waals surface area contributed by atoms with E-state index in [1.807, 2.05) is 87.6 Å². The van der Waals surface area contributed by atoms with Crippen LogP contribution in [0.3, 0.4) is 0 Å². The summed E-state index contributed by atoms with van der Waals surface area (Å²) in [7, 11) is 1.90. The number of ether oxygens (including phenoxy) is 2. The number of amides is 4. The van der Waals surface area contributed by atoms with Gasteiger partial charge in [-0.2, -0.15) is 5.10 Å². The highest BCUT2D eigenvalue weighted by atomic mass is 35.5. The van der Waals surface area contributed by atoms with Crippen molar-refractivity contribution in [1.82, 2.24) is 34.4 Å². The van der Waals surface area contributed by atoms with Crippen LogP contribution in [0.2, 0.25) is 5.02 Å². The first-order valence-electron chi connectivity index (χ1n) is 23.8. The molecule has 3 aliphatic rings. The zero-order chi connectivity index (χ0) is 49.6. The monoisotopic (exact) mass is 989 g/mol. The summed E-state index contributed by atoms with van der Waals surface area (Å²) in [4.78, 5) is 72.7. The normalized spacial score (nSPS) is 16.6. The summed E-state index contributed by atoms with van der Waals surface area (Å²) in [6, 6.07) is 18.8. The summed E-state index contributed by atoms with van der Waals surface area (Å²) < 4.78 is 30.5. The quantitative estimate of drug-likeness (QED) is 0.0490. The number of thioether (sulfide) groups is 1. The largest absolute Gasteiger partial charge is 0.493 e. The molecule has 1 unspecified atom stereocenters. The van der Waals surface area contributed by atoms with E-state index in [0.29, 0.717) is 80.7 Å². The second kappa shape index (κ2) is 19.9. The van der Waals surface area contributed by atoms with Crippen LogP contribution in [-0.2, 0) is 45.7 Å². The van der Waals surface area contributed by atoms with E-state index in [4.69, 9.17) is 26.2 Å². The molecule has 4 aromatic carbocycles. The second-order valence-electron chi connectivity index (χ2n) is 19.2. The van der Waals surface area contributed by atoms with E-state index < -0.39 is 23.5 Å². The minimum Gasteiger partial charge on any atom is -0.493 e. The van der Waals surface area contributed by atoms with Gasteiger partial charge in [-0.05, 0) is 113 Å². The van der Waals surface area contributed by atoms with E-state index >= 15 is 0 Å². The average Bonchev–Trinajstić information content (AvgIpc) is 3.91. The summed E-state index contributed by atoms with van der Waals surface area (Å²) >= 11 is 8.59. The Morgan fingerprint density at radius 2 is 1.70 bits per heavy atom. The SMILES string of the molecule is Cc1nn(C)c(C)c1-c1c(Cl)ccc2c(CCCOc3cccc4cc(F)ccc34)c(C(=O)OC(C)(C)C)n(CCN3CCN(C(=O)CSc4cccc5c4CN(C4CCC(=O)NC4=O)C5=O)CC3)c12. The molecule has 3 aliphatic heterocycles. The number of aryl methyl sites for hydroxylation is 3. The lowest BCUT2D eigenvalue weighted by molar-refractivity contribution is -0.137. The van der Waals surface area contributed by atoms with E-state index in [-0.39, 0.29) is 48.7 Å². The Labute approximate surface area is 415 Å². The smallest absolute Gasteiger partial charge is 0.355 e. The highest BCUT2D eigenvalue weighted by Crippen LogP contribution is 2.43. The number of benzene rings is 4. The van der Waals surface area contributed by atoms with Crippen molar-refractivity contribution in [2.75, 3.05) is 45.1 Å². The molecule has 70 heavy (non-hydrogen) atoms. The number of piperazine rings is 1. The molecule has 4 amide bonds. The first kappa shape index (κ1) is 48.8. The van der Waals surface area contributed by atoms with Gasteiger partial charge in [-0.25, -0.2) is 9.18 Å². The lowest BCUT2D eigenvalue weighted by Crippen LogP contribution is -2.52. The topological polar surface area (TPSA) is 148 Å². The van der Waals surface area contributed by atoms with Gasteiger partial charge in [-0.3, -0.25) is 34.1 Å². The van der Waals surface area contributed by atoms with Crippen LogP contribution in [0.1, 0.15) is 83.4 Å². The molecule has 0 bridgehead atoms. The third-order valence-electron chi connectivity index (χ3n) is 13.5. The number of carbonyl (C=O) groups excluding carboxylic acids is 5. The van der Waals surface area contributed by atoms with Crippen molar-refractivity contribution in [3.63, 3.8) is 0 Å². The molecule has 0 radical (unpaired) electrons. The van der Waals surface area contributed by atoms with Gasteiger partial charge in [0.1, 0.15) is 28.9 Å². The number of nitrogens with one attached hydrogen (secondary N) is 1. The summed E-state index contributed by atoms with van der Waals surface area (Å²) in [6.07, 6.45) is 1.51. The maximum atomic E-state index is 14.6. The standard InChI is InChI=1S/C53H57ClFN7O7S/c1-31-46(32(2)58(6)57-31)47-40(54)18-17-37-36(12-9-27-68-42-13-7-10-33-28-34(55)15-16-35(33)42)49(52(67)69-53(3,4)5)61(48(37)47)26-23-59-21-24-60(25-22-59)45(64)30-70-43-14-8-11-38-39(43)29-62(51(38)66)41-19-20-44(63)56-50(41)65/h7-8,10-11,13-18,28,41H,9,12,19-27,29-30H2,1-6H3,(H,56,63,65). The third kappa shape index (κ3) is 9.77. The Morgan fingerprint density at radius 3 is 2.43 bits per heavy atom. The van der Waals surface area contributed by atoms with Gasteiger partial charge in [0.05, 0.1) is 28.6 Å². The van der Waals surface area contributed by atoms with Gasteiger partial charge in [0.25, 0.3) is 5.91 Å². The fourth-order valence-corrected chi connectivity index (χ4v) is 11.3. The number of hydrogen-bond donors (Lipinski definition) is 1. The van der Waals surface area contributed by atoms with Gasteiger partial charge in [0.2, 0.25) is 17.7 Å². The molecule has 17 heteroatoms. The van der Waals surface area contributed by atoms with Gasteiger partial charge in [-0.1, -0.05) is 35.9 Å². The van der Waals surface area contributed by atoms with E-state index in [0.717, 1.165) is 60.2 Å². The molecule has 5 heterocycles. The molecule has 2 saturated heterocycles. The zero-order valence-corrected chi connectivity index (χ0v) is 41.9. The number of carbonyl (C=O) groups is 5. The fourth-order valence-electron chi connectivity index (χ4n) is 10.1. The molecule has 0 spiro atoms.